The number of nitrogens with one attached hydrogen (secondary N) is 1. The van der Waals surface area contributed by atoms with E-state index in [1.165, 1.54) is 26.8 Å². The third-order valence-corrected chi connectivity index (χ3v) is 6.94. The van der Waals surface area contributed by atoms with Crippen molar-refractivity contribution in [3.05, 3.63) is 63.6 Å². The van der Waals surface area contributed by atoms with Crippen LogP contribution in [-0.2, 0) is 21.5 Å². The number of rotatable bonds is 7. The van der Waals surface area contributed by atoms with Gasteiger partial charge in [0.25, 0.3) is 0 Å². The Morgan fingerprint density at radius 3 is 2.45 bits per heavy atom. The largest absolute Gasteiger partial charge is 0.507 e. The molecule has 0 fully saturated rings. The summed E-state index contributed by atoms with van der Waals surface area (Å²) in [4.78, 5) is 39.4. The number of phenolic OH excluding ortho intramolecular Hbond substituents is 2. The van der Waals surface area contributed by atoms with Crippen LogP contribution in [0.1, 0.15) is 61.7 Å². The number of carbonyl (C=O) groups is 3. The van der Waals surface area contributed by atoms with Crippen molar-refractivity contribution < 1.29 is 38.8 Å². The van der Waals surface area contributed by atoms with Crippen LogP contribution >= 0.6 is 0 Å². The molecule has 38 heavy (non-hydrogen) atoms. The van der Waals surface area contributed by atoms with Crippen molar-refractivity contribution in [3.63, 3.8) is 0 Å². The van der Waals surface area contributed by atoms with Gasteiger partial charge < -0.3 is 29.7 Å². The molecule has 0 radical (unpaired) electrons. The highest BCUT2D eigenvalue weighted by molar-refractivity contribution is 6.31. The number of Topliss-reactive ketones (excluding diaryl/α,β-unsaturated/α-hetero) is 2. The smallest absolute Gasteiger partial charge is 0.194 e. The number of hydrogen-bond acceptors (Lipinski definition) is 9. The van der Waals surface area contributed by atoms with Gasteiger partial charge in [-0.25, -0.2) is 0 Å². The van der Waals surface area contributed by atoms with Crippen LogP contribution in [0.25, 0.3) is 0 Å². The Hall–Kier alpha value is -4.27. The summed E-state index contributed by atoms with van der Waals surface area (Å²) in [6.07, 6.45) is 1.09. The van der Waals surface area contributed by atoms with Crippen molar-refractivity contribution in [3.8, 4) is 28.7 Å². The van der Waals surface area contributed by atoms with E-state index in [1.807, 2.05) is 26.0 Å². The van der Waals surface area contributed by atoms with Gasteiger partial charge in [0, 0.05) is 29.4 Å². The number of allylic oxidation sites excluding steroid dienone is 4. The molecule has 0 spiro atoms. The minimum absolute atomic E-state index is 0.0118. The van der Waals surface area contributed by atoms with Gasteiger partial charge >= 0.3 is 0 Å². The van der Waals surface area contributed by atoms with E-state index in [9.17, 15) is 24.6 Å². The van der Waals surface area contributed by atoms with Crippen LogP contribution in [-0.4, -0.2) is 40.8 Å². The zero-order valence-electron chi connectivity index (χ0n) is 22.4. The molecule has 9 nitrogen and oxygen atoms in total. The van der Waals surface area contributed by atoms with Crippen LogP contribution in [0.2, 0.25) is 0 Å². The summed E-state index contributed by atoms with van der Waals surface area (Å²) in [5, 5.41) is 24.6. The second-order valence-corrected chi connectivity index (χ2v) is 9.86. The molecule has 3 N–H and O–H groups in total. The standard InChI is InChI=1S/C29H31NO8/c1-13(2)37-26-17(9-8-10-19(26)36-7)12-30-15(4)21-18(32)11-20-29(6,28(21)35)23-25(34)14(3)24(33)22(16(5)31)27(23)38-20/h8-11,13,30,33-34H,12H2,1-7H3/b21-15+/t29-/m1/s1. The maximum atomic E-state index is 14.0. The van der Waals surface area contributed by atoms with E-state index < -0.39 is 28.5 Å². The Labute approximate surface area is 220 Å². The fourth-order valence-electron chi connectivity index (χ4n) is 4.91. The van der Waals surface area contributed by atoms with Gasteiger partial charge in [-0.15, -0.1) is 0 Å². The number of aromatic hydroxyl groups is 2. The summed E-state index contributed by atoms with van der Waals surface area (Å²) in [7, 11) is 1.55. The lowest BCUT2D eigenvalue weighted by molar-refractivity contribution is -0.123. The van der Waals surface area contributed by atoms with E-state index in [0.29, 0.717) is 17.2 Å². The van der Waals surface area contributed by atoms with E-state index in [2.05, 4.69) is 5.32 Å². The molecule has 1 atom stereocenters. The van der Waals surface area contributed by atoms with Crippen molar-refractivity contribution in [1.82, 2.24) is 5.32 Å². The average Bonchev–Trinajstić information content (AvgIpc) is 3.14. The molecule has 2 aromatic carbocycles. The van der Waals surface area contributed by atoms with Crippen molar-refractivity contribution in [1.29, 1.82) is 0 Å². The molecular weight excluding hydrogens is 490 g/mol. The molecule has 0 bridgehead atoms. The van der Waals surface area contributed by atoms with Gasteiger partial charge in [-0.05, 0) is 47.6 Å². The van der Waals surface area contributed by atoms with Crippen molar-refractivity contribution >= 4 is 17.3 Å². The molecule has 4 rings (SSSR count). The van der Waals surface area contributed by atoms with Gasteiger partial charge in [0.2, 0.25) is 0 Å². The van der Waals surface area contributed by atoms with Gasteiger partial charge in [-0.2, -0.15) is 0 Å². The molecule has 0 saturated carbocycles. The van der Waals surface area contributed by atoms with Crippen molar-refractivity contribution in [2.75, 3.05) is 7.11 Å². The molecule has 9 heteroatoms. The number of phenols is 2. The Balaban J connectivity index is 1.78. The molecule has 2 aromatic rings. The predicted octanol–water partition coefficient (Wildman–Crippen LogP) is 4.15. The molecule has 0 amide bonds. The summed E-state index contributed by atoms with van der Waals surface area (Å²) in [6, 6.07) is 5.46. The molecule has 0 unspecified atom stereocenters. The third kappa shape index (κ3) is 3.98. The van der Waals surface area contributed by atoms with Crippen molar-refractivity contribution in [2.24, 2.45) is 0 Å². The Morgan fingerprint density at radius 2 is 1.84 bits per heavy atom. The van der Waals surface area contributed by atoms with Crippen LogP contribution in [0.4, 0.5) is 0 Å². The second kappa shape index (κ2) is 9.55. The van der Waals surface area contributed by atoms with E-state index in [4.69, 9.17) is 14.2 Å². The zero-order valence-corrected chi connectivity index (χ0v) is 22.4. The monoisotopic (exact) mass is 521 g/mol. The molecule has 0 saturated heterocycles. The molecule has 2 aliphatic rings. The first kappa shape index (κ1) is 26.8. The predicted molar refractivity (Wildman–Crippen MR) is 139 cm³/mol. The minimum atomic E-state index is -1.57. The number of carbonyl (C=O) groups excluding carboxylic acids is 3. The van der Waals surface area contributed by atoms with E-state index in [1.54, 1.807) is 20.1 Å². The zero-order chi connectivity index (χ0) is 28.1. The van der Waals surface area contributed by atoms with Crippen LogP contribution in [0.3, 0.4) is 0 Å². The Kier molecular flexibility index (Phi) is 6.73. The Morgan fingerprint density at radius 1 is 1.16 bits per heavy atom. The SMILES string of the molecule is COc1cccc(CN/C(C)=C2\C(=O)C=C3Oc4c(C(C)=O)c(O)c(C)c(O)c4[C@]3(C)C2=O)c1OC(C)C. The first-order valence-electron chi connectivity index (χ1n) is 12.2. The van der Waals surface area contributed by atoms with Crippen LogP contribution < -0.4 is 19.5 Å². The van der Waals surface area contributed by atoms with Gasteiger partial charge in [0.15, 0.2) is 28.8 Å². The molecule has 1 heterocycles. The van der Waals surface area contributed by atoms with E-state index in [-0.39, 0.29) is 52.2 Å². The van der Waals surface area contributed by atoms with Gasteiger partial charge in [0.05, 0.1) is 24.4 Å². The van der Waals surface area contributed by atoms with Crippen LogP contribution in [0.15, 0.2) is 41.3 Å². The van der Waals surface area contributed by atoms with Gasteiger partial charge in [0.1, 0.15) is 34.0 Å². The lowest BCUT2D eigenvalue weighted by Crippen LogP contribution is -2.41. The van der Waals surface area contributed by atoms with Crippen LogP contribution in [0, 0.1) is 6.92 Å². The van der Waals surface area contributed by atoms with Crippen molar-refractivity contribution in [2.45, 2.75) is 59.6 Å². The van der Waals surface area contributed by atoms with E-state index in [0.717, 1.165) is 5.56 Å². The minimum Gasteiger partial charge on any atom is -0.507 e. The fraction of sp³-hybridized carbons (Fsp3) is 0.345. The molecule has 1 aliphatic heterocycles. The lowest BCUT2D eigenvalue weighted by Gasteiger charge is -2.29. The maximum absolute atomic E-state index is 14.0. The number of hydrogen-bond donors (Lipinski definition) is 3. The number of fused-ring (bicyclic) bond motifs is 3. The summed E-state index contributed by atoms with van der Waals surface area (Å²) < 4.78 is 17.2. The first-order valence-corrected chi connectivity index (χ1v) is 12.2. The van der Waals surface area contributed by atoms with Gasteiger partial charge in [-0.1, -0.05) is 12.1 Å². The third-order valence-electron chi connectivity index (χ3n) is 6.94. The highest BCUT2D eigenvalue weighted by atomic mass is 16.5. The lowest BCUT2D eigenvalue weighted by atomic mass is 9.70. The maximum Gasteiger partial charge on any atom is 0.194 e. The number of methoxy groups -OCH3 is 1. The molecular formula is C29H31NO8. The summed E-state index contributed by atoms with van der Waals surface area (Å²) in [5.41, 5.74) is -0.644. The number of benzene rings is 2. The number of ketones is 3. The quantitative estimate of drug-likeness (QED) is 0.279. The second-order valence-electron chi connectivity index (χ2n) is 9.86. The number of ether oxygens (including phenoxy) is 3. The summed E-state index contributed by atoms with van der Waals surface area (Å²) >= 11 is 0. The van der Waals surface area contributed by atoms with Crippen LogP contribution in [0.5, 0.6) is 28.7 Å². The highest BCUT2D eigenvalue weighted by Crippen LogP contribution is 2.57. The first-order chi connectivity index (χ1) is 17.8. The summed E-state index contributed by atoms with van der Waals surface area (Å²) in [6.45, 7) is 9.88. The summed E-state index contributed by atoms with van der Waals surface area (Å²) in [5.74, 6) is -1.49. The average molecular weight is 522 g/mol. The number of para-hydroxylation sites is 1. The Bertz CT molecular complexity index is 1450. The fourth-order valence-corrected chi connectivity index (χ4v) is 4.91. The topological polar surface area (TPSA) is 131 Å². The molecule has 0 aromatic heterocycles. The molecule has 1 aliphatic carbocycles. The highest BCUT2D eigenvalue weighted by Gasteiger charge is 2.56. The normalized spacial score (nSPS) is 19.4. The molecule has 200 valence electrons. The van der Waals surface area contributed by atoms with Gasteiger partial charge in [-0.3, -0.25) is 14.4 Å². The van der Waals surface area contributed by atoms with E-state index >= 15 is 0 Å².